The summed E-state index contributed by atoms with van der Waals surface area (Å²) in [6, 6.07) is 4.08. The summed E-state index contributed by atoms with van der Waals surface area (Å²) >= 11 is 1.72. The summed E-state index contributed by atoms with van der Waals surface area (Å²) in [6.45, 7) is 1.87. The van der Waals surface area contributed by atoms with Crippen molar-refractivity contribution in [1.82, 2.24) is 0 Å². The number of non-ortho nitro benzene ring substituents is 1. The van der Waals surface area contributed by atoms with Gasteiger partial charge in [0.05, 0.1) is 17.1 Å². The lowest BCUT2D eigenvalue weighted by atomic mass is 10.1. The topological polar surface area (TPSA) is 69.4 Å². The van der Waals surface area contributed by atoms with Crippen LogP contribution in [0.2, 0.25) is 0 Å². The van der Waals surface area contributed by atoms with Crippen molar-refractivity contribution in [2.75, 3.05) is 18.6 Å². The summed E-state index contributed by atoms with van der Waals surface area (Å²) in [5.74, 6) is 1.15. The highest BCUT2D eigenvalue weighted by Crippen LogP contribution is 2.24. The summed E-state index contributed by atoms with van der Waals surface area (Å²) in [4.78, 5) is 21.5. The first-order valence-electron chi connectivity index (χ1n) is 5.47. The van der Waals surface area contributed by atoms with Crippen molar-refractivity contribution in [3.05, 3.63) is 33.9 Å². The van der Waals surface area contributed by atoms with E-state index >= 15 is 0 Å². The fourth-order valence-electron chi connectivity index (χ4n) is 1.42. The van der Waals surface area contributed by atoms with Crippen molar-refractivity contribution in [3.8, 4) is 5.75 Å². The zero-order valence-corrected chi connectivity index (χ0v) is 11.2. The molecule has 0 saturated carbocycles. The molecule has 0 aliphatic carbocycles. The molecule has 5 nitrogen and oxygen atoms in total. The molecule has 0 N–H and O–H groups in total. The Morgan fingerprint density at radius 1 is 1.50 bits per heavy atom. The van der Waals surface area contributed by atoms with Crippen molar-refractivity contribution in [3.63, 3.8) is 0 Å². The normalized spacial score (nSPS) is 10.1. The molecule has 0 aromatic heterocycles. The highest BCUT2D eigenvalue weighted by Gasteiger charge is 2.14. The van der Waals surface area contributed by atoms with Crippen molar-refractivity contribution < 1.29 is 14.5 Å². The second kappa shape index (κ2) is 7.00. The van der Waals surface area contributed by atoms with Gasteiger partial charge in [0.25, 0.3) is 5.69 Å². The van der Waals surface area contributed by atoms with Crippen LogP contribution in [0.25, 0.3) is 0 Å². The van der Waals surface area contributed by atoms with Crippen molar-refractivity contribution >= 4 is 23.2 Å². The average molecular weight is 269 g/mol. The third kappa shape index (κ3) is 4.03. The van der Waals surface area contributed by atoms with Crippen LogP contribution < -0.4 is 4.74 Å². The van der Waals surface area contributed by atoms with Crippen LogP contribution in [-0.2, 0) is 0 Å². The van der Waals surface area contributed by atoms with Crippen LogP contribution in [0.4, 0.5) is 5.69 Å². The molecule has 1 rings (SSSR count). The maximum atomic E-state index is 11.4. The first-order chi connectivity index (χ1) is 8.56. The van der Waals surface area contributed by atoms with E-state index in [1.807, 2.05) is 6.26 Å². The predicted molar refractivity (Wildman–Crippen MR) is 71.6 cm³/mol. The lowest BCUT2D eigenvalue weighted by Gasteiger charge is -2.09. The Labute approximate surface area is 110 Å². The fourth-order valence-corrected chi connectivity index (χ4v) is 1.82. The van der Waals surface area contributed by atoms with Crippen LogP contribution in [0, 0.1) is 10.1 Å². The quantitative estimate of drug-likeness (QED) is 0.329. The molecule has 0 saturated heterocycles. The fraction of sp³-hybridized carbons (Fsp3) is 0.417. The zero-order chi connectivity index (χ0) is 13.5. The summed E-state index contributed by atoms with van der Waals surface area (Å²) in [6.07, 6.45) is 2.88. The first-order valence-corrected chi connectivity index (χ1v) is 6.86. The van der Waals surface area contributed by atoms with Crippen molar-refractivity contribution in [1.29, 1.82) is 0 Å². The Bertz CT molecular complexity index is 448. The molecule has 0 fully saturated rings. The molecule has 0 heterocycles. The van der Waals surface area contributed by atoms with Gasteiger partial charge in [0.2, 0.25) is 0 Å². The Morgan fingerprint density at radius 3 is 2.78 bits per heavy atom. The number of ketones is 1. The number of nitro benzene ring substituents is 1. The molecule has 0 bridgehead atoms. The third-order valence-corrected chi connectivity index (χ3v) is 3.00. The van der Waals surface area contributed by atoms with Crippen LogP contribution in [0.15, 0.2) is 18.2 Å². The molecule has 0 atom stereocenters. The number of ether oxygens (including phenoxy) is 1. The van der Waals surface area contributed by atoms with Gasteiger partial charge in [-0.05, 0) is 31.4 Å². The number of hydrogen-bond acceptors (Lipinski definition) is 5. The third-order valence-electron chi connectivity index (χ3n) is 2.30. The van der Waals surface area contributed by atoms with Crippen molar-refractivity contribution in [2.24, 2.45) is 0 Å². The van der Waals surface area contributed by atoms with E-state index in [4.69, 9.17) is 4.74 Å². The first kappa shape index (κ1) is 14.5. The number of hydrogen-bond donors (Lipinski definition) is 0. The van der Waals surface area contributed by atoms with Crippen LogP contribution in [0.3, 0.4) is 0 Å². The van der Waals surface area contributed by atoms with Crippen LogP contribution in [0.1, 0.15) is 23.7 Å². The Morgan fingerprint density at radius 2 is 2.22 bits per heavy atom. The lowest BCUT2D eigenvalue weighted by molar-refractivity contribution is -0.384. The zero-order valence-electron chi connectivity index (χ0n) is 10.3. The van der Waals surface area contributed by atoms with E-state index in [1.165, 1.54) is 25.1 Å². The second-order valence-corrected chi connectivity index (χ2v) is 4.67. The monoisotopic (exact) mass is 269 g/mol. The predicted octanol–water partition coefficient (Wildman–Crippen LogP) is 2.93. The van der Waals surface area contributed by atoms with Crippen LogP contribution >= 0.6 is 11.8 Å². The minimum atomic E-state index is -0.524. The molecule has 18 heavy (non-hydrogen) atoms. The smallest absolute Gasteiger partial charge is 0.270 e. The Kier molecular flexibility index (Phi) is 5.64. The van der Waals surface area contributed by atoms with E-state index in [2.05, 4.69) is 0 Å². The minimum absolute atomic E-state index is 0.100. The summed E-state index contributed by atoms with van der Waals surface area (Å²) in [5.41, 5.74) is 0.157. The second-order valence-electron chi connectivity index (χ2n) is 3.69. The van der Waals surface area contributed by atoms with Crippen molar-refractivity contribution in [2.45, 2.75) is 13.3 Å². The highest BCUT2D eigenvalue weighted by molar-refractivity contribution is 7.98. The molecule has 1 aromatic carbocycles. The van der Waals surface area contributed by atoms with Gasteiger partial charge in [-0.15, -0.1) is 0 Å². The van der Waals surface area contributed by atoms with Gasteiger partial charge in [0, 0.05) is 12.1 Å². The number of thioether (sulfide) groups is 1. The summed E-state index contributed by atoms with van der Waals surface area (Å²) < 4.78 is 5.48. The molecule has 0 aliphatic rings. The van der Waals surface area contributed by atoms with E-state index in [-0.39, 0.29) is 17.0 Å². The number of carbonyl (C=O) groups is 1. The molecule has 0 amide bonds. The summed E-state index contributed by atoms with van der Waals surface area (Å²) in [7, 11) is 0. The Hall–Kier alpha value is -1.56. The summed E-state index contributed by atoms with van der Waals surface area (Å²) in [5, 5.41) is 10.6. The van der Waals surface area contributed by atoms with Crippen LogP contribution in [0.5, 0.6) is 5.75 Å². The van der Waals surface area contributed by atoms with Gasteiger partial charge in [-0.3, -0.25) is 14.9 Å². The lowest BCUT2D eigenvalue weighted by Crippen LogP contribution is -2.04. The molecule has 0 unspecified atom stereocenters. The van der Waals surface area contributed by atoms with Gasteiger partial charge in [-0.25, -0.2) is 0 Å². The van der Waals surface area contributed by atoms with Gasteiger partial charge >= 0.3 is 0 Å². The maximum Gasteiger partial charge on any atom is 0.270 e. The molecule has 0 aliphatic heterocycles. The minimum Gasteiger partial charge on any atom is -0.493 e. The van der Waals surface area contributed by atoms with E-state index < -0.39 is 4.92 Å². The number of nitro groups is 1. The molecular formula is C12H15NO4S. The van der Waals surface area contributed by atoms with Gasteiger partial charge in [-0.2, -0.15) is 11.8 Å². The van der Waals surface area contributed by atoms with Gasteiger partial charge < -0.3 is 4.74 Å². The molecule has 0 spiro atoms. The number of rotatable bonds is 7. The van der Waals surface area contributed by atoms with Gasteiger partial charge in [0.1, 0.15) is 5.75 Å². The average Bonchev–Trinajstić information content (AvgIpc) is 2.34. The molecular weight excluding hydrogens is 254 g/mol. The van der Waals surface area contributed by atoms with Gasteiger partial charge in [-0.1, -0.05) is 0 Å². The molecule has 98 valence electrons. The molecule has 0 radical (unpaired) electrons. The standard InChI is InChI=1S/C12H15NO4S/c1-9(14)11-8-10(13(15)16)4-5-12(11)17-6-3-7-18-2/h4-5,8H,3,6-7H2,1-2H3. The molecule has 1 aromatic rings. The van der Waals surface area contributed by atoms with Crippen LogP contribution in [-0.4, -0.2) is 29.3 Å². The van der Waals surface area contributed by atoms with E-state index in [1.54, 1.807) is 11.8 Å². The highest BCUT2D eigenvalue weighted by atomic mass is 32.2. The van der Waals surface area contributed by atoms with E-state index in [9.17, 15) is 14.9 Å². The van der Waals surface area contributed by atoms with Gasteiger partial charge in [0.15, 0.2) is 5.78 Å². The largest absolute Gasteiger partial charge is 0.493 e. The Balaban J connectivity index is 2.83. The number of carbonyl (C=O) groups excluding carboxylic acids is 1. The van der Waals surface area contributed by atoms with E-state index in [0.29, 0.717) is 12.4 Å². The maximum absolute atomic E-state index is 11.4. The SMILES string of the molecule is CSCCCOc1ccc([N+](=O)[O-])cc1C(C)=O. The number of benzene rings is 1. The number of Topliss-reactive ketones (excluding diaryl/α,β-unsaturated/α-hetero) is 1. The number of nitrogens with zero attached hydrogens (tertiary/aromatic N) is 1. The molecule has 6 heteroatoms. The van der Waals surface area contributed by atoms with E-state index in [0.717, 1.165) is 12.2 Å².